The molecule has 0 saturated carbocycles. The molecule has 0 atom stereocenters. The fourth-order valence-electron chi connectivity index (χ4n) is 1.50. The number of hydrogen-bond acceptors (Lipinski definition) is 3. The molecule has 0 unspecified atom stereocenters. The first-order valence-electron chi connectivity index (χ1n) is 6.81. The summed E-state index contributed by atoms with van der Waals surface area (Å²) in [4.78, 5) is 9.44. The van der Waals surface area contributed by atoms with Crippen molar-refractivity contribution in [1.29, 1.82) is 0 Å². The van der Waals surface area contributed by atoms with Crippen molar-refractivity contribution in [3.8, 4) is 0 Å². The summed E-state index contributed by atoms with van der Waals surface area (Å²) in [5.74, 6) is -0.139. The van der Waals surface area contributed by atoms with Gasteiger partial charge < -0.3 is 10.5 Å². The zero-order valence-corrected chi connectivity index (χ0v) is 17.9. The highest BCUT2D eigenvalue weighted by atomic mass is 127. The van der Waals surface area contributed by atoms with Crippen molar-refractivity contribution in [2.24, 2.45) is 7.05 Å². The van der Waals surface area contributed by atoms with Gasteiger partial charge in [-0.3, -0.25) is 4.68 Å². The van der Waals surface area contributed by atoms with Gasteiger partial charge in [-0.25, -0.2) is 4.39 Å². The lowest BCUT2D eigenvalue weighted by Gasteiger charge is -2.05. The van der Waals surface area contributed by atoms with Crippen LogP contribution in [0.1, 0.15) is 30.8 Å². The number of carbonyl (C=O) groups excluding carboxylic acids is 1. The molecular formula is C16H22BrFIN3O. The van der Waals surface area contributed by atoms with Gasteiger partial charge in [0.25, 0.3) is 0 Å². The molecule has 4 nitrogen and oxygen atoms in total. The van der Waals surface area contributed by atoms with Crippen molar-refractivity contribution >= 4 is 50.0 Å². The minimum atomic E-state index is -0.305. The van der Waals surface area contributed by atoms with Crippen LogP contribution in [0.4, 0.5) is 10.1 Å². The van der Waals surface area contributed by atoms with E-state index in [4.69, 9.17) is 5.73 Å². The van der Waals surface area contributed by atoms with Gasteiger partial charge in [0.2, 0.25) is 0 Å². The van der Waals surface area contributed by atoms with Gasteiger partial charge in [0, 0.05) is 22.0 Å². The molecule has 0 aliphatic carbocycles. The van der Waals surface area contributed by atoms with Gasteiger partial charge in [-0.1, -0.05) is 0 Å². The van der Waals surface area contributed by atoms with Gasteiger partial charge in [0.1, 0.15) is 11.6 Å². The maximum atomic E-state index is 12.9. The van der Waals surface area contributed by atoms with E-state index in [1.807, 2.05) is 32.5 Å². The van der Waals surface area contributed by atoms with E-state index in [1.54, 1.807) is 0 Å². The smallest absolute Gasteiger partial charge is 0.139 e. The number of nitrogens with zero attached hydrogens (tertiary/aromatic N) is 2. The van der Waals surface area contributed by atoms with Crippen molar-refractivity contribution in [2.75, 3.05) is 5.73 Å². The van der Waals surface area contributed by atoms with Crippen LogP contribution in [0.25, 0.3) is 0 Å². The van der Waals surface area contributed by atoms with E-state index >= 15 is 0 Å². The van der Waals surface area contributed by atoms with Crippen molar-refractivity contribution in [3.05, 3.63) is 42.9 Å². The van der Waals surface area contributed by atoms with Gasteiger partial charge in [-0.15, -0.1) is 0 Å². The zero-order valence-electron chi connectivity index (χ0n) is 14.2. The summed E-state index contributed by atoms with van der Waals surface area (Å²) in [5.41, 5.74) is 9.16. The number of ketones is 1. The summed E-state index contributed by atoms with van der Waals surface area (Å²) >= 11 is 5.22. The molecule has 2 rings (SSSR count). The van der Waals surface area contributed by atoms with Crippen LogP contribution >= 0.6 is 38.5 Å². The van der Waals surface area contributed by atoms with E-state index in [1.165, 1.54) is 25.6 Å². The van der Waals surface area contributed by atoms with Crippen LogP contribution in [0.15, 0.2) is 16.6 Å². The van der Waals surface area contributed by atoms with Crippen molar-refractivity contribution in [2.45, 2.75) is 34.6 Å². The van der Waals surface area contributed by atoms with Crippen LogP contribution in [0.5, 0.6) is 0 Å². The molecule has 0 spiro atoms. The lowest BCUT2D eigenvalue weighted by Crippen LogP contribution is -1.95. The largest absolute Gasteiger partial charge is 0.398 e. The summed E-state index contributed by atoms with van der Waals surface area (Å²) in [5, 5.41) is 4.13. The Morgan fingerprint density at radius 1 is 1.30 bits per heavy atom. The zero-order chi connectivity index (χ0) is 18.3. The molecule has 128 valence electrons. The van der Waals surface area contributed by atoms with Crippen molar-refractivity contribution < 1.29 is 9.18 Å². The highest BCUT2D eigenvalue weighted by molar-refractivity contribution is 14.1. The molecule has 0 aliphatic heterocycles. The Bertz CT molecular complexity index is 637. The van der Waals surface area contributed by atoms with Gasteiger partial charge in [0.05, 0.1) is 10.2 Å². The molecule has 2 N–H and O–H groups in total. The number of aryl methyl sites for hydroxylation is 3. The number of nitrogen functional groups attached to an aromatic ring is 1. The Hall–Kier alpha value is -0.960. The van der Waals surface area contributed by atoms with Crippen LogP contribution in [0, 0.1) is 30.2 Å². The molecule has 1 aromatic carbocycles. The van der Waals surface area contributed by atoms with E-state index < -0.39 is 0 Å². The fraction of sp³-hybridized carbons (Fsp3) is 0.375. The minimum absolute atomic E-state index is 0.167. The second kappa shape index (κ2) is 10.0. The van der Waals surface area contributed by atoms with Gasteiger partial charge in [-0.2, -0.15) is 5.10 Å². The number of benzene rings is 1. The number of nitrogens with two attached hydrogens (primary N) is 1. The van der Waals surface area contributed by atoms with Crippen LogP contribution in [0.3, 0.4) is 0 Å². The third kappa shape index (κ3) is 7.92. The lowest BCUT2D eigenvalue weighted by molar-refractivity contribution is -0.114. The van der Waals surface area contributed by atoms with Gasteiger partial charge in [0.15, 0.2) is 0 Å². The van der Waals surface area contributed by atoms with Crippen LogP contribution in [-0.2, 0) is 11.8 Å². The van der Waals surface area contributed by atoms with E-state index in [9.17, 15) is 9.18 Å². The summed E-state index contributed by atoms with van der Waals surface area (Å²) in [7, 11) is 1.95. The average molecular weight is 498 g/mol. The number of rotatable bonds is 0. The quantitative estimate of drug-likeness (QED) is 0.325. The molecule has 1 aromatic heterocycles. The fourth-order valence-corrected chi connectivity index (χ4v) is 2.60. The number of Topliss-reactive ketones (excluding diaryl/α,β-unsaturated/α-hetero) is 1. The maximum absolute atomic E-state index is 12.9. The lowest BCUT2D eigenvalue weighted by atomic mass is 10.2. The van der Waals surface area contributed by atoms with E-state index in [0.717, 1.165) is 14.8 Å². The molecule has 0 radical (unpaired) electrons. The first-order chi connectivity index (χ1) is 10.5. The molecule has 0 fully saturated rings. The summed E-state index contributed by atoms with van der Waals surface area (Å²) < 4.78 is 16.2. The average Bonchev–Trinajstić information content (AvgIpc) is 2.71. The molecule has 7 heteroatoms. The van der Waals surface area contributed by atoms with E-state index in [0.29, 0.717) is 10.2 Å². The highest BCUT2D eigenvalue weighted by Crippen LogP contribution is 2.28. The number of halogens is 3. The van der Waals surface area contributed by atoms with E-state index in [-0.39, 0.29) is 11.6 Å². The topological polar surface area (TPSA) is 60.9 Å². The van der Waals surface area contributed by atoms with Crippen molar-refractivity contribution in [1.82, 2.24) is 9.78 Å². The van der Waals surface area contributed by atoms with E-state index in [2.05, 4.69) is 49.7 Å². The molecule has 23 heavy (non-hydrogen) atoms. The molecule has 2 aromatic rings. The molecule has 0 bridgehead atoms. The maximum Gasteiger partial charge on any atom is 0.139 e. The van der Waals surface area contributed by atoms with Gasteiger partial charge in [-0.05, 0) is 90.8 Å². The molecular weight excluding hydrogens is 476 g/mol. The number of hydrogen-bond donors (Lipinski definition) is 1. The number of aromatic nitrogens is 2. The molecule has 0 aliphatic rings. The standard InChI is InChI=1S/C7H6BrFIN.C6H10N2.C3H6O/c1-3-6(8)4(9)2-5(11)7(3)10;1-5-4-6(2)8(3)7-5;1-3(2)4/h2H,11H2,1H3;4H,1-3H3;1-2H3. The Labute approximate surface area is 158 Å². The predicted octanol–water partition coefficient (Wildman–Crippen LogP) is 4.72. The van der Waals surface area contributed by atoms with Gasteiger partial charge >= 0.3 is 0 Å². The number of carbonyl (C=O) groups is 1. The van der Waals surface area contributed by atoms with Crippen LogP contribution < -0.4 is 5.73 Å². The summed E-state index contributed by atoms with van der Waals surface area (Å²) in [6.45, 7) is 8.91. The third-order valence-electron chi connectivity index (χ3n) is 2.64. The summed E-state index contributed by atoms with van der Waals surface area (Å²) in [6, 6.07) is 3.37. The second-order valence-electron chi connectivity index (χ2n) is 5.16. The monoisotopic (exact) mass is 497 g/mol. The normalized spacial score (nSPS) is 9.43. The highest BCUT2D eigenvalue weighted by Gasteiger charge is 2.08. The Kier molecular flexibility index (Phi) is 9.60. The Balaban J connectivity index is 0.000000354. The molecule has 0 amide bonds. The first kappa shape index (κ1) is 22.0. The van der Waals surface area contributed by atoms with Crippen LogP contribution in [0.2, 0.25) is 0 Å². The first-order valence-corrected chi connectivity index (χ1v) is 8.68. The SMILES string of the molecule is CC(C)=O.Cc1c(Br)c(F)cc(N)c1I.Cc1cc(C)n(C)n1. The van der Waals surface area contributed by atoms with Crippen LogP contribution in [-0.4, -0.2) is 15.6 Å². The Morgan fingerprint density at radius 2 is 1.78 bits per heavy atom. The third-order valence-corrected chi connectivity index (χ3v) is 5.05. The Morgan fingerprint density at radius 3 is 2.09 bits per heavy atom. The minimum Gasteiger partial charge on any atom is -0.398 e. The second-order valence-corrected chi connectivity index (χ2v) is 7.03. The predicted molar refractivity (Wildman–Crippen MR) is 105 cm³/mol. The number of anilines is 1. The van der Waals surface area contributed by atoms with Crippen molar-refractivity contribution in [3.63, 3.8) is 0 Å². The molecule has 1 heterocycles. The molecule has 0 saturated heterocycles. The summed E-state index contributed by atoms with van der Waals surface area (Å²) in [6.07, 6.45) is 0.